The maximum atomic E-state index is 13.1. The lowest BCUT2D eigenvalue weighted by Gasteiger charge is -2.13. The molecule has 6 rings (SSSR count). The second-order valence-electron chi connectivity index (χ2n) is 9.31. The molecule has 184 valence electrons. The number of methoxy groups -OCH3 is 2. The maximum Gasteiger partial charge on any atom is 0.338 e. The molecule has 4 aromatic rings. The molecule has 0 unspecified atom stereocenters. The Morgan fingerprint density at radius 2 is 1.83 bits per heavy atom. The third-order valence-corrected chi connectivity index (χ3v) is 7.30. The number of esters is 1. The SMILES string of the molecule is COCCCn1c2ccc(C(=O)OCCOC)cc2c2c3c(c4c(c21)Cc1ccccc1-4)C(=O)NC3. The van der Waals surface area contributed by atoms with Crippen molar-refractivity contribution < 1.29 is 23.8 Å². The summed E-state index contributed by atoms with van der Waals surface area (Å²) in [4.78, 5) is 25.9. The quantitative estimate of drug-likeness (QED) is 0.260. The normalized spacial score (nSPS) is 13.7. The van der Waals surface area contributed by atoms with E-state index in [9.17, 15) is 9.59 Å². The summed E-state index contributed by atoms with van der Waals surface area (Å²) in [6.07, 6.45) is 1.63. The molecule has 1 aliphatic carbocycles. The highest BCUT2D eigenvalue weighted by atomic mass is 16.6. The Labute approximate surface area is 208 Å². The number of nitrogens with zero attached hydrogens (tertiary/aromatic N) is 1. The first-order chi connectivity index (χ1) is 17.6. The molecule has 2 heterocycles. The number of aryl methyl sites for hydroxylation is 1. The van der Waals surface area contributed by atoms with Gasteiger partial charge in [-0.3, -0.25) is 4.79 Å². The monoisotopic (exact) mass is 484 g/mol. The van der Waals surface area contributed by atoms with Crippen molar-refractivity contribution in [1.82, 2.24) is 9.88 Å². The van der Waals surface area contributed by atoms with Crippen LogP contribution in [0.3, 0.4) is 0 Å². The van der Waals surface area contributed by atoms with Crippen LogP contribution in [0.1, 0.15) is 43.8 Å². The Morgan fingerprint density at radius 1 is 1.00 bits per heavy atom. The van der Waals surface area contributed by atoms with Crippen LogP contribution in [-0.2, 0) is 33.7 Å². The van der Waals surface area contributed by atoms with E-state index in [1.165, 1.54) is 11.1 Å². The van der Waals surface area contributed by atoms with Crippen LogP contribution in [0, 0.1) is 0 Å². The molecule has 36 heavy (non-hydrogen) atoms. The fourth-order valence-corrected chi connectivity index (χ4v) is 5.81. The molecule has 0 radical (unpaired) electrons. The molecule has 7 heteroatoms. The average Bonchev–Trinajstić information content (AvgIpc) is 3.55. The third-order valence-electron chi connectivity index (χ3n) is 7.30. The summed E-state index contributed by atoms with van der Waals surface area (Å²) in [6.45, 7) is 2.44. The largest absolute Gasteiger partial charge is 0.460 e. The number of hydrogen-bond donors (Lipinski definition) is 1. The van der Waals surface area contributed by atoms with Gasteiger partial charge in [0.1, 0.15) is 6.61 Å². The number of benzene rings is 3. The van der Waals surface area contributed by atoms with Gasteiger partial charge in [-0.15, -0.1) is 0 Å². The lowest BCUT2D eigenvalue weighted by Crippen LogP contribution is -2.13. The predicted molar refractivity (Wildman–Crippen MR) is 138 cm³/mol. The highest BCUT2D eigenvalue weighted by Gasteiger charge is 2.35. The highest BCUT2D eigenvalue weighted by molar-refractivity contribution is 6.20. The Bertz CT molecular complexity index is 1530. The summed E-state index contributed by atoms with van der Waals surface area (Å²) in [6, 6.07) is 14.1. The van der Waals surface area contributed by atoms with Crippen molar-refractivity contribution in [2.45, 2.75) is 25.9 Å². The van der Waals surface area contributed by atoms with E-state index < -0.39 is 0 Å². The van der Waals surface area contributed by atoms with Gasteiger partial charge in [0.15, 0.2) is 0 Å². The summed E-state index contributed by atoms with van der Waals surface area (Å²) in [5.41, 5.74) is 9.06. The van der Waals surface area contributed by atoms with Gasteiger partial charge < -0.3 is 24.1 Å². The Kier molecular flexibility index (Phi) is 5.74. The topological polar surface area (TPSA) is 78.8 Å². The lowest BCUT2D eigenvalue weighted by molar-refractivity contribution is 0.0388. The van der Waals surface area contributed by atoms with Crippen molar-refractivity contribution in [3.63, 3.8) is 0 Å². The molecular formula is C29H28N2O5. The fraction of sp³-hybridized carbons (Fsp3) is 0.310. The first kappa shape index (κ1) is 22.8. The van der Waals surface area contributed by atoms with Gasteiger partial charge in [0.05, 0.1) is 23.3 Å². The molecule has 0 bridgehead atoms. The minimum absolute atomic E-state index is 0.0322. The lowest BCUT2D eigenvalue weighted by atomic mass is 9.92. The van der Waals surface area contributed by atoms with Gasteiger partial charge >= 0.3 is 5.97 Å². The third kappa shape index (κ3) is 3.42. The van der Waals surface area contributed by atoms with Gasteiger partial charge in [-0.05, 0) is 46.9 Å². The molecular weight excluding hydrogens is 456 g/mol. The van der Waals surface area contributed by atoms with E-state index in [1.54, 1.807) is 14.2 Å². The van der Waals surface area contributed by atoms with Gasteiger partial charge in [0, 0.05) is 62.2 Å². The minimum atomic E-state index is -0.381. The Balaban J connectivity index is 1.63. The number of amides is 1. The van der Waals surface area contributed by atoms with Crippen molar-refractivity contribution in [1.29, 1.82) is 0 Å². The number of carbonyl (C=O) groups excluding carboxylic acids is 2. The van der Waals surface area contributed by atoms with Gasteiger partial charge in [-0.2, -0.15) is 0 Å². The smallest absolute Gasteiger partial charge is 0.338 e. The average molecular weight is 485 g/mol. The summed E-state index contributed by atoms with van der Waals surface area (Å²) in [5, 5.41) is 5.08. The minimum Gasteiger partial charge on any atom is -0.460 e. The summed E-state index contributed by atoms with van der Waals surface area (Å²) >= 11 is 0. The zero-order valence-corrected chi connectivity index (χ0v) is 20.5. The number of carbonyl (C=O) groups is 2. The van der Waals surface area contributed by atoms with Crippen LogP contribution in [0.25, 0.3) is 32.9 Å². The van der Waals surface area contributed by atoms with Crippen LogP contribution in [0.15, 0.2) is 42.5 Å². The molecule has 3 aromatic carbocycles. The zero-order chi connectivity index (χ0) is 24.8. The van der Waals surface area contributed by atoms with Gasteiger partial charge in [0.25, 0.3) is 5.91 Å². The van der Waals surface area contributed by atoms with E-state index in [0.29, 0.717) is 25.3 Å². The standard InChI is InChI=1S/C29H28N2O5/c1-34-11-5-10-31-23-9-8-18(29(33)36-13-12-35-2)15-20(23)25-22-16-30-28(32)26(22)24-19-7-4-3-6-17(19)14-21(24)27(25)31/h3-4,6-9,15H,5,10-14,16H2,1-2H3,(H,30,32). The molecule has 0 spiro atoms. The molecule has 0 atom stereocenters. The van der Waals surface area contributed by atoms with E-state index in [-0.39, 0.29) is 18.5 Å². The molecule has 0 saturated carbocycles. The van der Waals surface area contributed by atoms with E-state index in [1.807, 2.05) is 24.3 Å². The van der Waals surface area contributed by atoms with E-state index in [4.69, 9.17) is 14.2 Å². The van der Waals surface area contributed by atoms with Crippen molar-refractivity contribution in [2.24, 2.45) is 0 Å². The fourth-order valence-electron chi connectivity index (χ4n) is 5.81. The van der Waals surface area contributed by atoms with E-state index in [0.717, 1.165) is 63.4 Å². The van der Waals surface area contributed by atoms with Gasteiger partial charge in [-0.25, -0.2) is 4.79 Å². The number of hydrogen-bond acceptors (Lipinski definition) is 5. The van der Waals surface area contributed by atoms with Crippen LogP contribution in [0.2, 0.25) is 0 Å². The van der Waals surface area contributed by atoms with Crippen LogP contribution >= 0.6 is 0 Å². The van der Waals surface area contributed by atoms with Crippen LogP contribution in [-0.4, -0.2) is 50.5 Å². The highest BCUT2D eigenvalue weighted by Crippen LogP contribution is 2.48. The number of ether oxygens (including phenoxy) is 3. The molecule has 0 saturated heterocycles. The van der Waals surface area contributed by atoms with Crippen LogP contribution in [0.5, 0.6) is 0 Å². The van der Waals surface area contributed by atoms with Crippen LogP contribution < -0.4 is 5.32 Å². The molecule has 1 aliphatic heterocycles. The molecule has 0 fully saturated rings. The first-order valence-electron chi connectivity index (χ1n) is 12.3. The maximum absolute atomic E-state index is 13.1. The van der Waals surface area contributed by atoms with Gasteiger partial charge in [-0.1, -0.05) is 24.3 Å². The molecule has 1 amide bonds. The van der Waals surface area contributed by atoms with Gasteiger partial charge in [0.2, 0.25) is 0 Å². The van der Waals surface area contributed by atoms with E-state index in [2.05, 4.69) is 28.1 Å². The second kappa shape index (κ2) is 9.08. The molecule has 1 N–H and O–H groups in total. The number of rotatable bonds is 8. The summed E-state index contributed by atoms with van der Waals surface area (Å²) < 4.78 is 18.1. The summed E-state index contributed by atoms with van der Waals surface area (Å²) in [7, 11) is 3.29. The number of aromatic nitrogens is 1. The Hall–Kier alpha value is -3.68. The number of nitrogens with one attached hydrogen (secondary N) is 1. The van der Waals surface area contributed by atoms with Crippen molar-refractivity contribution in [3.8, 4) is 11.1 Å². The summed E-state index contributed by atoms with van der Waals surface area (Å²) in [5.74, 6) is -0.413. The Morgan fingerprint density at radius 3 is 2.67 bits per heavy atom. The van der Waals surface area contributed by atoms with Crippen molar-refractivity contribution >= 4 is 33.7 Å². The first-order valence-corrected chi connectivity index (χ1v) is 12.3. The van der Waals surface area contributed by atoms with E-state index >= 15 is 0 Å². The van der Waals surface area contributed by atoms with Crippen LogP contribution in [0.4, 0.5) is 0 Å². The molecule has 1 aromatic heterocycles. The molecule has 2 aliphatic rings. The zero-order valence-electron chi connectivity index (χ0n) is 20.5. The van der Waals surface area contributed by atoms with Crippen molar-refractivity contribution in [2.75, 3.05) is 34.0 Å². The number of fused-ring (bicyclic) bond motifs is 10. The van der Waals surface area contributed by atoms with Crippen molar-refractivity contribution in [3.05, 3.63) is 70.3 Å². The predicted octanol–water partition coefficient (Wildman–Crippen LogP) is 4.45. The molecule has 7 nitrogen and oxygen atoms in total. The second-order valence-corrected chi connectivity index (χ2v) is 9.31.